The van der Waals surface area contributed by atoms with Crippen LogP contribution in [0.15, 0.2) is 30.3 Å². The van der Waals surface area contributed by atoms with Gasteiger partial charge in [0, 0.05) is 0 Å². The number of nitrogens with two attached hydrogens (primary N) is 3. The maximum absolute atomic E-state index is 11.7. The number of esters is 1. The van der Waals surface area contributed by atoms with E-state index in [-0.39, 0.29) is 6.61 Å². The molecule has 1 aromatic rings. The molecule has 20 heavy (non-hydrogen) atoms. The summed E-state index contributed by atoms with van der Waals surface area (Å²) in [6, 6.07) is 7.96. The highest BCUT2D eigenvalue weighted by Gasteiger charge is 2.16. The Morgan fingerprint density at radius 3 is 2.25 bits per heavy atom. The zero-order chi connectivity index (χ0) is 15.0. The molecule has 0 spiro atoms. The summed E-state index contributed by atoms with van der Waals surface area (Å²) in [5.74, 6) is -1.01. The van der Waals surface area contributed by atoms with Crippen molar-refractivity contribution in [1.82, 2.24) is 0 Å². The van der Waals surface area contributed by atoms with Crippen LogP contribution in [0.3, 0.4) is 0 Å². The van der Waals surface area contributed by atoms with Gasteiger partial charge in [-0.15, -0.1) is 0 Å². The minimum Gasteiger partial charge on any atom is -0.460 e. The molecule has 0 heterocycles. The Labute approximate surface area is 118 Å². The lowest BCUT2D eigenvalue weighted by Crippen LogP contribution is -2.37. The van der Waals surface area contributed by atoms with Gasteiger partial charge in [-0.2, -0.15) is 0 Å². The molecule has 1 amide bonds. The van der Waals surface area contributed by atoms with Gasteiger partial charge in [0.25, 0.3) is 0 Å². The fraction of sp³-hybridized carbons (Fsp3) is 0.429. The molecule has 0 aliphatic rings. The van der Waals surface area contributed by atoms with Crippen LogP contribution in [0, 0.1) is 0 Å². The topological polar surface area (TPSA) is 121 Å². The summed E-state index contributed by atoms with van der Waals surface area (Å²) in [4.78, 5) is 22.4. The van der Waals surface area contributed by atoms with Crippen LogP contribution in [0.4, 0.5) is 0 Å². The van der Waals surface area contributed by atoms with Gasteiger partial charge in [0.1, 0.15) is 12.6 Å². The van der Waals surface area contributed by atoms with E-state index in [1.807, 2.05) is 30.3 Å². The minimum absolute atomic E-state index is 0.203. The molecule has 0 fully saturated rings. The molecule has 0 saturated heterocycles. The maximum Gasteiger partial charge on any atom is 0.323 e. The zero-order valence-corrected chi connectivity index (χ0v) is 11.3. The minimum atomic E-state index is -0.709. The van der Waals surface area contributed by atoms with E-state index < -0.39 is 24.0 Å². The lowest BCUT2D eigenvalue weighted by Gasteiger charge is -2.12. The first-order chi connectivity index (χ1) is 9.50. The van der Waals surface area contributed by atoms with Crippen LogP contribution in [0.5, 0.6) is 0 Å². The number of primary amides is 1. The maximum atomic E-state index is 11.7. The van der Waals surface area contributed by atoms with E-state index in [9.17, 15) is 9.59 Å². The lowest BCUT2D eigenvalue weighted by molar-refractivity contribution is -0.146. The molecule has 6 heteroatoms. The Morgan fingerprint density at radius 2 is 1.65 bits per heavy atom. The second-order valence-electron chi connectivity index (χ2n) is 4.64. The molecule has 1 rings (SSSR count). The Morgan fingerprint density at radius 1 is 1.05 bits per heavy atom. The first-order valence-electron chi connectivity index (χ1n) is 6.51. The zero-order valence-electron chi connectivity index (χ0n) is 11.3. The molecule has 2 atom stereocenters. The van der Waals surface area contributed by atoms with Crippen molar-refractivity contribution in [3.8, 4) is 0 Å². The van der Waals surface area contributed by atoms with Gasteiger partial charge in [-0.1, -0.05) is 30.3 Å². The van der Waals surface area contributed by atoms with Crippen LogP contribution < -0.4 is 17.2 Å². The molecule has 1 aromatic carbocycles. The SMILES string of the molecule is NC(=O)[C@@H](N)CCCC(N)C(=O)OCc1ccccc1. The average Bonchev–Trinajstić information content (AvgIpc) is 2.45. The first-order valence-corrected chi connectivity index (χ1v) is 6.51. The molecular formula is C14H21N3O3. The quantitative estimate of drug-likeness (QED) is 0.580. The van der Waals surface area contributed by atoms with Gasteiger partial charge in [0.05, 0.1) is 6.04 Å². The molecule has 0 aromatic heterocycles. The summed E-state index contributed by atoms with van der Waals surface area (Å²) in [6.45, 7) is 0.203. The number of hydrogen-bond donors (Lipinski definition) is 3. The van der Waals surface area contributed by atoms with Crippen molar-refractivity contribution in [1.29, 1.82) is 0 Å². The smallest absolute Gasteiger partial charge is 0.323 e. The summed E-state index contributed by atoms with van der Waals surface area (Å²) >= 11 is 0. The van der Waals surface area contributed by atoms with Gasteiger partial charge >= 0.3 is 5.97 Å². The highest BCUT2D eigenvalue weighted by Crippen LogP contribution is 2.06. The number of ether oxygens (including phenoxy) is 1. The van der Waals surface area contributed by atoms with Gasteiger partial charge in [-0.05, 0) is 24.8 Å². The number of carbonyl (C=O) groups excluding carboxylic acids is 2. The molecule has 6 N–H and O–H groups in total. The number of hydrogen-bond acceptors (Lipinski definition) is 5. The summed E-state index contributed by atoms with van der Waals surface area (Å²) in [7, 11) is 0. The number of benzene rings is 1. The van der Waals surface area contributed by atoms with E-state index in [0.717, 1.165) is 5.56 Å². The van der Waals surface area contributed by atoms with Crippen LogP contribution in [0.25, 0.3) is 0 Å². The number of carbonyl (C=O) groups is 2. The third-order valence-corrected chi connectivity index (χ3v) is 2.92. The van der Waals surface area contributed by atoms with E-state index in [2.05, 4.69) is 0 Å². The van der Waals surface area contributed by atoms with Crippen LogP contribution in [0.2, 0.25) is 0 Å². The molecule has 0 radical (unpaired) electrons. The molecule has 6 nitrogen and oxygen atoms in total. The molecule has 0 aliphatic heterocycles. The third kappa shape index (κ3) is 5.81. The summed E-state index contributed by atoms with van der Waals surface area (Å²) < 4.78 is 5.11. The van der Waals surface area contributed by atoms with E-state index in [4.69, 9.17) is 21.9 Å². The van der Waals surface area contributed by atoms with E-state index in [1.54, 1.807) is 0 Å². The van der Waals surface area contributed by atoms with Crippen molar-refractivity contribution in [3.05, 3.63) is 35.9 Å². The second kappa shape index (κ2) is 8.29. The van der Waals surface area contributed by atoms with E-state index in [0.29, 0.717) is 19.3 Å². The van der Waals surface area contributed by atoms with Crippen molar-refractivity contribution in [2.24, 2.45) is 17.2 Å². The van der Waals surface area contributed by atoms with Crippen molar-refractivity contribution in [2.75, 3.05) is 0 Å². The Balaban J connectivity index is 2.24. The van der Waals surface area contributed by atoms with Gasteiger partial charge in [0.15, 0.2) is 0 Å². The molecule has 0 saturated carbocycles. The van der Waals surface area contributed by atoms with Crippen molar-refractivity contribution >= 4 is 11.9 Å². The Bertz CT molecular complexity index is 437. The predicted molar refractivity (Wildman–Crippen MR) is 75.2 cm³/mol. The highest BCUT2D eigenvalue weighted by molar-refractivity contribution is 5.79. The average molecular weight is 279 g/mol. The normalized spacial score (nSPS) is 13.5. The van der Waals surface area contributed by atoms with Gasteiger partial charge in [-0.25, -0.2) is 0 Å². The third-order valence-electron chi connectivity index (χ3n) is 2.92. The summed E-state index contributed by atoms with van der Waals surface area (Å²) in [5.41, 5.74) is 17.1. The highest BCUT2D eigenvalue weighted by atomic mass is 16.5. The van der Waals surface area contributed by atoms with Crippen molar-refractivity contribution in [3.63, 3.8) is 0 Å². The molecule has 0 bridgehead atoms. The largest absolute Gasteiger partial charge is 0.460 e. The fourth-order valence-electron chi connectivity index (χ4n) is 1.65. The Kier molecular flexibility index (Phi) is 6.69. The fourth-order valence-corrected chi connectivity index (χ4v) is 1.65. The Hall–Kier alpha value is -1.92. The lowest BCUT2D eigenvalue weighted by atomic mass is 10.1. The van der Waals surface area contributed by atoms with Gasteiger partial charge < -0.3 is 21.9 Å². The molecule has 110 valence electrons. The monoisotopic (exact) mass is 279 g/mol. The van der Waals surface area contributed by atoms with Crippen LogP contribution in [-0.4, -0.2) is 24.0 Å². The van der Waals surface area contributed by atoms with Crippen molar-refractivity contribution in [2.45, 2.75) is 38.0 Å². The molecule has 1 unspecified atom stereocenters. The van der Waals surface area contributed by atoms with Gasteiger partial charge in [0.2, 0.25) is 5.91 Å². The summed E-state index contributed by atoms with van der Waals surface area (Å²) in [5, 5.41) is 0. The van der Waals surface area contributed by atoms with Crippen molar-refractivity contribution < 1.29 is 14.3 Å². The van der Waals surface area contributed by atoms with Crippen LogP contribution in [-0.2, 0) is 20.9 Å². The molecule has 0 aliphatic carbocycles. The first kappa shape index (κ1) is 16.1. The second-order valence-corrected chi connectivity index (χ2v) is 4.64. The van der Waals surface area contributed by atoms with Gasteiger partial charge in [-0.3, -0.25) is 9.59 Å². The summed E-state index contributed by atoms with van der Waals surface area (Å²) in [6.07, 6.45) is 1.37. The number of rotatable bonds is 8. The van der Waals surface area contributed by atoms with E-state index >= 15 is 0 Å². The van der Waals surface area contributed by atoms with E-state index in [1.165, 1.54) is 0 Å². The molecular weight excluding hydrogens is 258 g/mol. The van der Waals surface area contributed by atoms with Crippen LogP contribution >= 0.6 is 0 Å². The number of amides is 1. The standard InChI is InChI=1S/C14H21N3O3/c15-11(13(17)18)7-4-8-12(16)14(19)20-9-10-5-2-1-3-6-10/h1-3,5-6,11-12H,4,7-9,15-16H2,(H2,17,18)/t11-,12?/m0/s1. The predicted octanol–water partition coefficient (Wildman–Crippen LogP) is 0.0400. The van der Waals surface area contributed by atoms with Crippen LogP contribution in [0.1, 0.15) is 24.8 Å².